The maximum Gasteiger partial charge on any atom is 0.418 e. The van der Waals surface area contributed by atoms with E-state index in [0.29, 0.717) is 6.20 Å². The predicted molar refractivity (Wildman–Crippen MR) is 39.9 cm³/mol. The van der Waals surface area contributed by atoms with Crippen LogP contribution in [0, 0.1) is 10.1 Å². The van der Waals surface area contributed by atoms with E-state index in [1.165, 1.54) is 0 Å². The van der Waals surface area contributed by atoms with Crippen molar-refractivity contribution in [2.24, 2.45) is 0 Å². The number of halogens is 3. The first kappa shape index (κ1) is 10.4. The standard InChI is InChI=1S/C7H5F3N2O2/c8-7(9,10)6-3-11-2-1-5(6)4-12(13)14/h1-3H,4H2. The van der Waals surface area contributed by atoms with Gasteiger partial charge in [0.25, 0.3) is 0 Å². The molecule has 0 saturated heterocycles. The largest absolute Gasteiger partial charge is 0.418 e. The molecule has 0 aliphatic carbocycles. The van der Waals surface area contributed by atoms with E-state index in [1.54, 1.807) is 0 Å². The van der Waals surface area contributed by atoms with Gasteiger partial charge in [-0.2, -0.15) is 13.2 Å². The average molecular weight is 206 g/mol. The Kier molecular flexibility index (Phi) is 2.68. The summed E-state index contributed by atoms with van der Waals surface area (Å²) in [6.45, 7) is -0.850. The van der Waals surface area contributed by atoms with Gasteiger partial charge in [-0.1, -0.05) is 0 Å². The van der Waals surface area contributed by atoms with Gasteiger partial charge in [0.2, 0.25) is 6.54 Å². The second-order valence-corrected chi connectivity index (χ2v) is 2.52. The summed E-state index contributed by atoms with van der Waals surface area (Å²) < 4.78 is 36.7. The molecule has 0 fully saturated rings. The van der Waals surface area contributed by atoms with Crippen LogP contribution in [0.3, 0.4) is 0 Å². The van der Waals surface area contributed by atoms with Gasteiger partial charge in [0.1, 0.15) is 0 Å². The summed E-state index contributed by atoms with van der Waals surface area (Å²) in [6, 6.07) is 0.992. The van der Waals surface area contributed by atoms with Crippen LogP contribution in [-0.2, 0) is 12.7 Å². The fourth-order valence-electron chi connectivity index (χ4n) is 0.955. The lowest BCUT2D eigenvalue weighted by Gasteiger charge is -2.08. The van der Waals surface area contributed by atoms with Crippen molar-refractivity contribution in [3.05, 3.63) is 39.7 Å². The Labute approximate surface area is 76.5 Å². The van der Waals surface area contributed by atoms with Gasteiger partial charge < -0.3 is 0 Å². The molecule has 1 rings (SSSR count). The number of aromatic nitrogens is 1. The number of alkyl halides is 3. The highest BCUT2D eigenvalue weighted by molar-refractivity contribution is 5.25. The van der Waals surface area contributed by atoms with Crippen LogP contribution >= 0.6 is 0 Å². The molecule has 1 aromatic heterocycles. The van der Waals surface area contributed by atoms with Crippen molar-refractivity contribution in [2.75, 3.05) is 0 Å². The molecule has 0 N–H and O–H groups in total. The summed E-state index contributed by atoms with van der Waals surface area (Å²) in [4.78, 5) is 12.5. The molecule has 0 aliphatic heterocycles. The monoisotopic (exact) mass is 206 g/mol. The minimum atomic E-state index is -4.60. The van der Waals surface area contributed by atoms with Crippen LogP contribution in [0.25, 0.3) is 0 Å². The van der Waals surface area contributed by atoms with E-state index in [4.69, 9.17) is 0 Å². The first-order valence-corrected chi connectivity index (χ1v) is 3.53. The predicted octanol–water partition coefficient (Wildman–Crippen LogP) is 1.88. The Hall–Kier alpha value is -1.66. The van der Waals surface area contributed by atoms with Crippen LogP contribution in [0.15, 0.2) is 18.5 Å². The van der Waals surface area contributed by atoms with Crippen molar-refractivity contribution in [1.82, 2.24) is 4.98 Å². The molecule has 0 radical (unpaired) electrons. The Balaban J connectivity index is 3.10. The summed E-state index contributed by atoms with van der Waals surface area (Å²) in [5.74, 6) is 0. The Morgan fingerprint density at radius 3 is 2.64 bits per heavy atom. The normalized spacial score (nSPS) is 11.4. The molecule has 76 valence electrons. The van der Waals surface area contributed by atoms with Gasteiger partial charge in [-0.25, -0.2) is 0 Å². The molecule has 0 atom stereocenters. The van der Waals surface area contributed by atoms with Gasteiger partial charge in [0.05, 0.1) is 5.56 Å². The molecule has 4 nitrogen and oxygen atoms in total. The van der Waals surface area contributed by atoms with E-state index in [-0.39, 0.29) is 5.56 Å². The Bertz CT molecular complexity index is 351. The first-order valence-electron chi connectivity index (χ1n) is 3.53. The third-order valence-electron chi connectivity index (χ3n) is 1.52. The summed E-state index contributed by atoms with van der Waals surface area (Å²) in [5, 5.41) is 10.1. The van der Waals surface area contributed by atoms with Crippen molar-refractivity contribution in [2.45, 2.75) is 12.7 Å². The third-order valence-corrected chi connectivity index (χ3v) is 1.52. The van der Waals surface area contributed by atoms with E-state index in [1.807, 2.05) is 0 Å². The Morgan fingerprint density at radius 1 is 1.50 bits per heavy atom. The molecule has 7 heteroatoms. The maximum absolute atomic E-state index is 12.2. The lowest BCUT2D eigenvalue weighted by molar-refractivity contribution is -0.497. The molecular weight excluding hydrogens is 201 g/mol. The fourth-order valence-corrected chi connectivity index (χ4v) is 0.955. The van der Waals surface area contributed by atoms with Crippen molar-refractivity contribution >= 4 is 0 Å². The lowest BCUT2D eigenvalue weighted by Crippen LogP contribution is -2.12. The average Bonchev–Trinajstić information content (AvgIpc) is 2.01. The molecular formula is C7H5F3N2O2. The summed E-state index contributed by atoms with van der Waals surface area (Å²) >= 11 is 0. The van der Waals surface area contributed by atoms with Gasteiger partial charge >= 0.3 is 6.18 Å². The molecule has 0 spiro atoms. The van der Waals surface area contributed by atoms with Gasteiger partial charge in [0.15, 0.2) is 0 Å². The quantitative estimate of drug-likeness (QED) is 0.548. The minimum absolute atomic E-state index is 0.377. The number of pyridine rings is 1. The first-order chi connectivity index (χ1) is 6.41. The minimum Gasteiger partial charge on any atom is -0.264 e. The highest BCUT2D eigenvalue weighted by atomic mass is 19.4. The lowest BCUT2D eigenvalue weighted by atomic mass is 10.1. The smallest absolute Gasteiger partial charge is 0.264 e. The fraction of sp³-hybridized carbons (Fsp3) is 0.286. The number of hydrogen-bond donors (Lipinski definition) is 0. The van der Waals surface area contributed by atoms with Crippen molar-refractivity contribution < 1.29 is 18.1 Å². The number of nitro groups is 1. The highest BCUT2D eigenvalue weighted by Gasteiger charge is 2.34. The molecule has 14 heavy (non-hydrogen) atoms. The molecule has 0 unspecified atom stereocenters. The van der Waals surface area contributed by atoms with Crippen LogP contribution in [0.5, 0.6) is 0 Å². The zero-order chi connectivity index (χ0) is 10.8. The van der Waals surface area contributed by atoms with Crippen molar-refractivity contribution in [1.29, 1.82) is 0 Å². The van der Waals surface area contributed by atoms with E-state index >= 15 is 0 Å². The van der Waals surface area contributed by atoms with Crippen LogP contribution in [0.1, 0.15) is 11.1 Å². The number of nitrogens with zero attached hydrogens (tertiary/aromatic N) is 2. The summed E-state index contributed by atoms with van der Waals surface area (Å²) in [5.41, 5.74) is -1.44. The third kappa shape index (κ3) is 2.41. The van der Waals surface area contributed by atoms with Gasteiger partial charge in [0, 0.05) is 22.9 Å². The van der Waals surface area contributed by atoms with Gasteiger partial charge in [-0.05, 0) is 6.07 Å². The van der Waals surface area contributed by atoms with Crippen molar-refractivity contribution in [3.8, 4) is 0 Å². The molecule has 0 bridgehead atoms. The molecule has 0 aromatic carbocycles. The maximum atomic E-state index is 12.2. The van der Waals surface area contributed by atoms with Crippen LogP contribution < -0.4 is 0 Å². The van der Waals surface area contributed by atoms with Gasteiger partial charge in [-0.15, -0.1) is 0 Å². The molecule has 0 amide bonds. The van der Waals surface area contributed by atoms with Crippen LogP contribution in [-0.4, -0.2) is 9.91 Å². The molecule has 1 heterocycles. The summed E-state index contributed by atoms with van der Waals surface area (Å²) in [7, 11) is 0. The van der Waals surface area contributed by atoms with E-state index in [2.05, 4.69) is 4.98 Å². The van der Waals surface area contributed by atoms with Gasteiger partial charge in [-0.3, -0.25) is 15.1 Å². The second-order valence-electron chi connectivity index (χ2n) is 2.52. The topological polar surface area (TPSA) is 56.0 Å². The van der Waals surface area contributed by atoms with E-state index < -0.39 is 23.2 Å². The number of rotatable bonds is 2. The molecule has 1 aromatic rings. The Morgan fingerprint density at radius 2 is 2.14 bits per heavy atom. The zero-order valence-corrected chi connectivity index (χ0v) is 6.78. The van der Waals surface area contributed by atoms with E-state index in [9.17, 15) is 23.3 Å². The zero-order valence-electron chi connectivity index (χ0n) is 6.78. The van der Waals surface area contributed by atoms with Crippen LogP contribution in [0.4, 0.5) is 13.2 Å². The van der Waals surface area contributed by atoms with Crippen LogP contribution in [0.2, 0.25) is 0 Å². The highest BCUT2D eigenvalue weighted by Crippen LogP contribution is 2.31. The second kappa shape index (κ2) is 3.60. The van der Waals surface area contributed by atoms with Crippen molar-refractivity contribution in [3.63, 3.8) is 0 Å². The molecule has 0 saturated carbocycles. The summed E-state index contributed by atoms with van der Waals surface area (Å²) in [6.07, 6.45) is -2.92. The molecule has 0 aliphatic rings. The SMILES string of the molecule is O=[N+]([O-])Cc1ccncc1C(F)(F)F. The number of hydrogen-bond acceptors (Lipinski definition) is 3. The van der Waals surface area contributed by atoms with E-state index in [0.717, 1.165) is 12.3 Å².